The van der Waals surface area contributed by atoms with Gasteiger partial charge in [-0.3, -0.25) is 4.79 Å². The molecule has 4 heteroatoms. The molecule has 2 aliphatic rings. The van der Waals surface area contributed by atoms with Crippen LogP contribution in [0.1, 0.15) is 45.4 Å². The molecule has 0 radical (unpaired) electrons. The van der Waals surface area contributed by atoms with Gasteiger partial charge in [0.15, 0.2) is 0 Å². The maximum atomic E-state index is 12.2. The Balaban J connectivity index is 1.73. The minimum absolute atomic E-state index is 0.187. The van der Waals surface area contributed by atoms with Crippen molar-refractivity contribution >= 4 is 5.91 Å². The highest BCUT2D eigenvalue weighted by Gasteiger charge is 2.30. The van der Waals surface area contributed by atoms with Crippen molar-refractivity contribution in [2.75, 3.05) is 20.2 Å². The topological polar surface area (TPSA) is 41.6 Å². The quantitative estimate of drug-likeness (QED) is 0.827. The summed E-state index contributed by atoms with van der Waals surface area (Å²) in [7, 11) is 1.92. The molecule has 2 heterocycles. The fraction of sp³-hybridized carbons (Fsp3) is 0.929. The summed E-state index contributed by atoms with van der Waals surface area (Å²) in [5.74, 6) is 0.268. The van der Waals surface area contributed by atoms with Crippen LogP contribution in [0.3, 0.4) is 0 Å². The lowest BCUT2D eigenvalue weighted by atomic mass is 10.00. The second-order valence-corrected chi connectivity index (χ2v) is 5.62. The fourth-order valence-corrected chi connectivity index (χ4v) is 3.06. The molecule has 0 aromatic heterocycles. The van der Waals surface area contributed by atoms with Gasteiger partial charge >= 0.3 is 0 Å². The summed E-state index contributed by atoms with van der Waals surface area (Å²) in [6, 6.07) is 0.824. The fourth-order valence-electron chi connectivity index (χ4n) is 3.06. The lowest BCUT2D eigenvalue weighted by Crippen LogP contribution is -2.42. The molecule has 0 aliphatic carbocycles. The van der Waals surface area contributed by atoms with Gasteiger partial charge in [0.1, 0.15) is 0 Å². The molecule has 104 valence electrons. The predicted molar refractivity (Wildman–Crippen MR) is 71.5 cm³/mol. The molecule has 0 aromatic rings. The number of piperidine rings is 1. The van der Waals surface area contributed by atoms with Crippen LogP contribution in [0.2, 0.25) is 0 Å². The number of hydrogen-bond donors (Lipinski definition) is 1. The molecule has 0 saturated carbocycles. The first-order chi connectivity index (χ1) is 8.68. The average Bonchev–Trinajstić information content (AvgIpc) is 2.82. The summed E-state index contributed by atoms with van der Waals surface area (Å²) in [6.07, 6.45) is 6.61. The first kappa shape index (κ1) is 13.8. The van der Waals surface area contributed by atoms with Crippen molar-refractivity contribution in [3.05, 3.63) is 0 Å². The Hall–Kier alpha value is -0.610. The van der Waals surface area contributed by atoms with E-state index in [-0.39, 0.29) is 18.1 Å². The molecular formula is C14H26N2O2. The predicted octanol–water partition coefficient (Wildman–Crippen LogP) is 1.54. The maximum absolute atomic E-state index is 12.2. The van der Waals surface area contributed by atoms with Gasteiger partial charge in [-0.05, 0) is 39.2 Å². The van der Waals surface area contributed by atoms with Crippen molar-refractivity contribution in [1.29, 1.82) is 0 Å². The van der Waals surface area contributed by atoms with Crippen molar-refractivity contribution in [3.63, 3.8) is 0 Å². The van der Waals surface area contributed by atoms with E-state index >= 15 is 0 Å². The second-order valence-electron chi connectivity index (χ2n) is 5.62. The van der Waals surface area contributed by atoms with Gasteiger partial charge in [-0.2, -0.15) is 0 Å². The third-order valence-corrected chi connectivity index (χ3v) is 4.35. The monoisotopic (exact) mass is 254 g/mol. The van der Waals surface area contributed by atoms with E-state index in [1.54, 1.807) is 0 Å². The molecule has 1 N–H and O–H groups in total. The van der Waals surface area contributed by atoms with Crippen molar-refractivity contribution in [3.8, 4) is 0 Å². The highest BCUT2D eigenvalue weighted by atomic mass is 16.5. The van der Waals surface area contributed by atoms with E-state index in [1.165, 1.54) is 19.3 Å². The van der Waals surface area contributed by atoms with Gasteiger partial charge in [0.05, 0.1) is 12.1 Å². The Morgan fingerprint density at radius 3 is 2.83 bits per heavy atom. The Morgan fingerprint density at radius 2 is 2.22 bits per heavy atom. The molecule has 0 aromatic carbocycles. The van der Waals surface area contributed by atoms with E-state index in [4.69, 9.17) is 4.74 Å². The van der Waals surface area contributed by atoms with E-state index in [1.807, 2.05) is 11.9 Å². The average molecular weight is 254 g/mol. The standard InChI is InChI=1S/C14H26N2O2/c1-11-13(8-10-18-11)16(2)14(17)7-6-12-5-3-4-9-15-12/h11-13,15H,3-10H2,1-2H3. The van der Waals surface area contributed by atoms with Crippen molar-refractivity contribution in [2.45, 2.75) is 63.6 Å². The van der Waals surface area contributed by atoms with Crippen LogP contribution in [0.5, 0.6) is 0 Å². The zero-order valence-corrected chi connectivity index (χ0v) is 11.7. The highest BCUT2D eigenvalue weighted by Crippen LogP contribution is 2.20. The maximum Gasteiger partial charge on any atom is 0.222 e. The summed E-state index contributed by atoms with van der Waals surface area (Å²) < 4.78 is 5.52. The molecule has 2 saturated heterocycles. The molecule has 4 nitrogen and oxygen atoms in total. The van der Waals surface area contributed by atoms with Gasteiger partial charge in [0.2, 0.25) is 5.91 Å². The first-order valence-electron chi connectivity index (χ1n) is 7.29. The molecule has 0 spiro atoms. The Labute approximate surface area is 110 Å². The second kappa shape index (κ2) is 6.53. The van der Waals surface area contributed by atoms with E-state index in [2.05, 4.69) is 12.2 Å². The minimum atomic E-state index is 0.187. The van der Waals surface area contributed by atoms with E-state index < -0.39 is 0 Å². The first-order valence-corrected chi connectivity index (χ1v) is 7.29. The number of carbonyl (C=O) groups excluding carboxylic acids is 1. The molecule has 0 bridgehead atoms. The van der Waals surface area contributed by atoms with Crippen LogP contribution in [0, 0.1) is 0 Å². The summed E-state index contributed by atoms with van der Waals surface area (Å²) in [5.41, 5.74) is 0. The Morgan fingerprint density at radius 1 is 1.39 bits per heavy atom. The van der Waals surface area contributed by atoms with Crippen molar-refractivity contribution in [1.82, 2.24) is 10.2 Å². The number of likely N-dealkylation sites (N-methyl/N-ethyl adjacent to an activating group) is 1. The lowest BCUT2D eigenvalue weighted by Gasteiger charge is -2.28. The number of carbonyl (C=O) groups is 1. The van der Waals surface area contributed by atoms with Crippen LogP contribution in [-0.2, 0) is 9.53 Å². The van der Waals surface area contributed by atoms with Gasteiger partial charge in [0.25, 0.3) is 0 Å². The highest BCUT2D eigenvalue weighted by molar-refractivity contribution is 5.76. The summed E-state index contributed by atoms with van der Waals surface area (Å²) >= 11 is 0. The number of rotatable bonds is 4. The number of nitrogens with zero attached hydrogens (tertiary/aromatic N) is 1. The largest absolute Gasteiger partial charge is 0.376 e. The normalized spacial score (nSPS) is 32.4. The zero-order chi connectivity index (χ0) is 13.0. The molecule has 2 aliphatic heterocycles. The van der Waals surface area contributed by atoms with Crippen molar-refractivity contribution < 1.29 is 9.53 Å². The van der Waals surface area contributed by atoms with Crippen LogP contribution in [-0.4, -0.2) is 49.2 Å². The molecule has 2 fully saturated rings. The van der Waals surface area contributed by atoms with Gasteiger partial charge in [0, 0.05) is 26.1 Å². The van der Waals surface area contributed by atoms with Gasteiger partial charge in [-0.1, -0.05) is 6.42 Å². The number of nitrogens with one attached hydrogen (secondary N) is 1. The van der Waals surface area contributed by atoms with Crippen molar-refractivity contribution in [2.24, 2.45) is 0 Å². The van der Waals surface area contributed by atoms with E-state index in [9.17, 15) is 4.79 Å². The number of ether oxygens (including phenoxy) is 1. The summed E-state index contributed by atoms with van der Waals surface area (Å²) in [4.78, 5) is 14.1. The van der Waals surface area contributed by atoms with Gasteiger partial charge in [-0.25, -0.2) is 0 Å². The third kappa shape index (κ3) is 3.45. The molecule has 2 rings (SSSR count). The SMILES string of the molecule is CC1OCCC1N(C)C(=O)CCC1CCCCN1. The van der Waals surface area contributed by atoms with Gasteiger partial charge in [-0.15, -0.1) is 0 Å². The van der Waals surface area contributed by atoms with Crippen LogP contribution in [0.25, 0.3) is 0 Å². The Kier molecular flexibility index (Phi) is 5.01. The smallest absolute Gasteiger partial charge is 0.222 e. The molecule has 3 unspecified atom stereocenters. The number of hydrogen-bond acceptors (Lipinski definition) is 3. The van der Waals surface area contributed by atoms with E-state index in [0.717, 1.165) is 26.0 Å². The van der Waals surface area contributed by atoms with Crippen LogP contribution in [0.4, 0.5) is 0 Å². The number of amides is 1. The third-order valence-electron chi connectivity index (χ3n) is 4.35. The molecule has 1 amide bonds. The lowest BCUT2D eigenvalue weighted by molar-refractivity contribution is -0.133. The van der Waals surface area contributed by atoms with Crippen LogP contribution in [0.15, 0.2) is 0 Å². The molecule has 18 heavy (non-hydrogen) atoms. The molecule has 3 atom stereocenters. The summed E-state index contributed by atoms with van der Waals surface area (Å²) in [5, 5.41) is 3.50. The van der Waals surface area contributed by atoms with Gasteiger partial charge < -0.3 is 15.0 Å². The Bertz CT molecular complexity index is 277. The van der Waals surface area contributed by atoms with Crippen LogP contribution >= 0.6 is 0 Å². The van der Waals surface area contributed by atoms with E-state index in [0.29, 0.717) is 12.5 Å². The minimum Gasteiger partial charge on any atom is -0.376 e. The zero-order valence-electron chi connectivity index (χ0n) is 11.7. The summed E-state index contributed by atoms with van der Waals surface area (Å²) in [6.45, 7) is 3.96. The van der Waals surface area contributed by atoms with Crippen LogP contribution < -0.4 is 5.32 Å². The molecular weight excluding hydrogens is 228 g/mol.